The maximum absolute atomic E-state index is 13.9. The van der Waals surface area contributed by atoms with Gasteiger partial charge in [0, 0.05) is 35.4 Å². The first-order valence-corrected chi connectivity index (χ1v) is 7.36. The van der Waals surface area contributed by atoms with Crippen LogP contribution in [0.5, 0.6) is 0 Å². The van der Waals surface area contributed by atoms with Crippen molar-refractivity contribution in [2.75, 3.05) is 5.73 Å². The number of nitrogens with two attached hydrogens (primary N) is 1. The fourth-order valence-corrected chi connectivity index (χ4v) is 2.39. The van der Waals surface area contributed by atoms with Crippen LogP contribution in [0.4, 0.5) is 10.1 Å². The molecule has 2 aromatic carbocycles. The Labute approximate surface area is 130 Å². The summed E-state index contributed by atoms with van der Waals surface area (Å²) in [4.78, 5) is 2.18. The normalized spacial score (nSPS) is 11.3. The number of rotatable bonds is 5. The third-order valence-electron chi connectivity index (χ3n) is 3.52. The molecule has 21 heavy (non-hydrogen) atoms. The van der Waals surface area contributed by atoms with Crippen molar-refractivity contribution in [1.82, 2.24) is 4.90 Å². The third kappa shape index (κ3) is 4.19. The quantitative estimate of drug-likeness (QED) is 0.826. The van der Waals surface area contributed by atoms with Gasteiger partial charge in [-0.1, -0.05) is 29.8 Å². The molecule has 0 aliphatic carbocycles. The Kier molecular flexibility index (Phi) is 5.21. The van der Waals surface area contributed by atoms with Gasteiger partial charge in [0.05, 0.1) is 0 Å². The lowest BCUT2D eigenvalue weighted by Gasteiger charge is -2.27. The molecule has 0 unspecified atom stereocenters. The first kappa shape index (κ1) is 15.8. The van der Waals surface area contributed by atoms with E-state index in [1.807, 2.05) is 24.3 Å². The SMILES string of the molecule is CC(C)N(Cc1ccc(N)cc1)Cc1c(F)cccc1Cl. The van der Waals surface area contributed by atoms with Gasteiger partial charge in [0.2, 0.25) is 0 Å². The molecule has 0 bridgehead atoms. The molecule has 2 rings (SSSR count). The van der Waals surface area contributed by atoms with E-state index in [0.717, 1.165) is 17.8 Å². The predicted molar refractivity (Wildman–Crippen MR) is 86.6 cm³/mol. The van der Waals surface area contributed by atoms with Crippen LogP contribution in [0.15, 0.2) is 42.5 Å². The van der Waals surface area contributed by atoms with E-state index in [1.165, 1.54) is 6.07 Å². The maximum atomic E-state index is 13.9. The zero-order valence-corrected chi connectivity index (χ0v) is 13.1. The van der Waals surface area contributed by atoms with E-state index in [4.69, 9.17) is 17.3 Å². The zero-order chi connectivity index (χ0) is 15.4. The van der Waals surface area contributed by atoms with E-state index in [1.54, 1.807) is 12.1 Å². The van der Waals surface area contributed by atoms with Crippen molar-refractivity contribution in [3.63, 3.8) is 0 Å². The minimum atomic E-state index is -0.259. The number of anilines is 1. The van der Waals surface area contributed by atoms with Gasteiger partial charge in [-0.15, -0.1) is 0 Å². The van der Waals surface area contributed by atoms with Crippen LogP contribution in [0.2, 0.25) is 5.02 Å². The molecular weight excluding hydrogens is 287 g/mol. The van der Waals surface area contributed by atoms with Crippen LogP contribution >= 0.6 is 11.6 Å². The topological polar surface area (TPSA) is 29.3 Å². The second-order valence-corrected chi connectivity index (χ2v) is 5.85. The predicted octanol–water partition coefficient (Wildman–Crippen LogP) is 4.47. The monoisotopic (exact) mass is 306 g/mol. The maximum Gasteiger partial charge on any atom is 0.129 e. The Hall–Kier alpha value is -1.58. The molecule has 0 heterocycles. The minimum absolute atomic E-state index is 0.259. The molecule has 0 spiro atoms. The molecule has 0 aliphatic heterocycles. The van der Waals surface area contributed by atoms with Gasteiger partial charge in [-0.25, -0.2) is 4.39 Å². The molecule has 0 saturated carbocycles. The largest absolute Gasteiger partial charge is 0.399 e. The first-order valence-electron chi connectivity index (χ1n) is 6.98. The van der Waals surface area contributed by atoms with E-state index in [9.17, 15) is 4.39 Å². The van der Waals surface area contributed by atoms with Crippen LogP contribution in [0.3, 0.4) is 0 Å². The third-order valence-corrected chi connectivity index (χ3v) is 3.87. The van der Waals surface area contributed by atoms with Crippen LogP contribution in [-0.4, -0.2) is 10.9 Å². The lowest BCUT2D eigenvalue weighted by molar-refractivity contribution is 0.201. The number of benzene rings is 2. The highest BCUT2D eigenvalue weighted by Gasteiger charge is 2.15. The smallest absolute Gasteiger partial charge is 0.129 e. The van der Waals surface area contributed by atoms with Gasteiger partial charge in [-0.3, -0.25) is 4.90 Å². The lowest BCUT2D eigenvalue weighted by Crippen LogP contribution is -2.30. The average Bonchev–Trinajstić information content (AvgIpc) is 2.43. The van der Waals surface area contributed by atoms with Gasteiger partial charge in [0.25, 0.3) is 0 Å². The van der Waals surface area contributed by atoms with Crippen molar-refractivity contribution in [2.45, 2.75) is 33.0 Å². The summed E-state index contributed by atoms with van der Waals surface area (Å²) in [5, 5.41) is 0.470. The molecule has 0 atom stereocenters. The van der Waals surface area contributed by atoms with Crippen molar-refractivity contribution in [3.8, 4) is 0 Å². The highest BCUT2D eigenvalue weighted by Crippen LogP contribution is 2.23. The molecule has 0 aliphatic rings. The summed E-state index contributed by atoms with van der Waals surface area (Å²) < 4.78 is 13.9. The highest BCUT2D eigenvalue weighted by molar-refractivity contribution is 6.31. The van der Waals surface area contributed by atoms with Crippen molar-refractivity contribution >= 4 is 17.3 Å². The summed E-state index contributed by atoms with van der Waals surface area (Å²) in [7, 11) is 0. The molecule has 2 N–H and O–H groups in total. The van der Waals surface area contributed by atoms with Crippen molar-refractivity contribution in [3.05, 3.63) is 64.4 Å². The summed E-state index contributed by atoms with van der Waals surface area (Å²) in [6.45, 7) is 5.38. The number of hydrogen-bond acceptors (Lipinski definition) is 2. The molecule has 0 amide bonds. The average molecular weight is 307 g/mol. The van der Waals surface area contributed by atoms with Crippen molar-refractivity contribution in [2.24, 2.45) is 0 Å². The first-order chi connectivity index (χ1) is 9.97. The molecule has 0 radical (unpaired) electrons. The van der Waals surface area contributed by atoms with Crippen LogP contribution in [0, 0.1) is 5.82 Å². The molecule has 0 fully saturated rings. The van der Waals surface area contributed by atoms with Gasteiger partial charge >= 0.3 is 0 Å². The second kappa shape index (κ2) is 6.92. The molecular formula is C17H20ClFN2. The molecule has 112 valence electrons. The zero-order valence-electron chi connectivity index (χ0n) is 12.3. The summed E-state index contributed by atoms with van der Waals surface area (Å²) in [5.41, 5.74) is 8.13. The van der Waals surface area contributed by atoms with Crippen LogP contribution in [0.1, 0.15) is 25.0 Å². The molecule has 2 aromatic rings. The standard InChI is InChI=1S/C17H20ClFN2/c1-12(2)21(10-13-6-8-14(20)9-7-13)11-15-16(18)4-3-5-17(15)19/h3-9,12H,10-11,20H2,1-2H3. The lowest BCUT2D eigenvalue weighted by atomic mass is 10.1. The Morgan fingerprint density at radius 3 is 2.33 bits per heavy atom. The number of hydrogen-bond donors (Lipinski definition) is 1. The van der Waals surface area contributed by atoms with Gasteiger partial charge in [-0.2, -0.15) is 0 Å². The Morgan fingerprint density at radius 2 is 1.76 bits per heavy atom. The summed E-state index contributed by atoms with van der Waals surface area (Å²) in [6, 6.07) is 12.8. The van der Waals surface area contributed by atoms with Crippen molar-refractivity contribution < 1.29 is 4.39 Å². The van der Waals surface area contributed by atoms with E-state index in [-0.39, 0.29) is 11.9 Å². The summed E-state index contributed by atoms with van der Waals surface area (Å²) >= 11 is 6.12. The fourth-order valence-electron chi connectivity index (χ4n) is 2.17. The minimum Gasteiger partial charge on any atom is -0.399 e. The second-order valence-electron chi connectivity index (χ2n) is 5.44. The molecule has 0 aromatic heterocycles. The Bertz CT molecular complexity index is 576. The van der Waals surface area contributed by atoms with E-state index in [2.05, 4.69) is 18.7 Å². The molecule has 4 heteroatoms. The van der Waals surface area contributed by atoms with E-state index in [0.29, 0.717) is 17.1 Å². The molecule has 0 saturated heterocycles. The summed E-state index contributed by atoms with van der Waals surface area (Å²) in [5.74, 6) is -0.259. The fraction of sp³-hybridized carbons (Fsp3) is 0.294. The van der Waals surface area contributed by atoms with Gasteiger partial charge < -0.3 is 5.73 Å². The number of nitrogens with zero attached hydrogens (tertiary/aromatic N) is 1. The number of halogens is 2. The summed E-state index contributed by atoms with van der Waals surface area (Å²) in [6.07, 6.45) is 0. The van der Waals surface area contributed by atoms with Crippen LogP contribution < -0.4 is 5.73 Å². The molecule has 2 nitrogen and oxygen atoms in total. The van der Waals surface area contributed by atoms with Gasteiger partial charge in [-0.05, 0) is 43.7 Å². The highest BCUT2D eigenvalue weighted by atomic mass is 35.5. The van der Waals surface area contributed by atoms with E-state index < -0.39 is 0 Å². The van der Waals surface area contributed by atoms with E-state index >= 15 is 0 Å². The van der Waals surface area contributed by atoms with Gasteiger partial charge in [0.1, 0.15) is 5.82 Å². The van der Waals surface area contributed by atoms with Gasteiger partial charge in [0.15, 0.2) is 0 Å². The van der Waals surface area contributed by atoms with Crippen LogP contribution in [0.25, 0.3) is 0 Å². The van der Waals surface area contributed by atoms with Crippen molar-refractivity contribution in [1.29, 1.82) is 0 Å². The number of nitrogen functional groups attached to an aromatic ring is 1. The van der Waals surface area contributed by atoms with Crippen LogP contribution in [-0.2, 0) is 13.1 Å². The Balaban J connectivity index is 2.18. The Morgan fingerprint density at radius 1 is 1.10 bits per heavy atom.